The van der Waals surface area contributed by atoms with Gasteiger partial charge in [-0.2, -0.15) is 0 Å². The van der Waals surface area contributed by atoms with Gasteiger partial charge in [-0.3, -0.25) is 0 Å². The van der Waals surface area contributed by atoms with Crippen molar-refractivity contribution >= 4 is 66.0 Å². The minimum Gasteiger partial charge on any atom is -0.456 e. The molecule has 7 rings (SSSR count). The van der Waals surface area contributed by atoms with Crippen LogP contribution in [0.25, 0.3) is 53.2 Å². The van der Waals surface area contributed by atoms with Gasteiger partial charge in [0.05, 0.1) is 11.2 Å². The monoisotopic (exact) mass is 476 g/mol. The molecule has 0 bridgehead atoms. The maximum atomic E-state index is 6.48. The fraction of sp³-hybridized carbons (Fsp3) is 0.200. The van der Waals surface area contributed by atoms with Crippen LogP contribution in [-0.4, -0.2) is 18.3 Å². The van der Waals surface area contributed by atoms with Gasteiger partial charge in [0.2, 0.25) is 0 Å². The lowest BCUT2D eigenvalue weighted by molar-refractivity contribution is 0.00578. The summed E-state index contributed by atoms with van der Waals surface area (Å²) in [6, 6.07) is 27.8. The van der Waals surface area contributed by atoms with Gasteiger partial charge in [0.15, 0.2) is 0 Å². The largest absolute Gasteiger partial charge is 0.495 e. The zero-order valence-corrected chi connectivity index (χ0v) is 21.0. The summed E-state index contributed by atoms with van der Waals surface area (Å²) in [6.07, 6.45) is 0. The number of rotatable bonds is 2. The Bertz CT molecular complexity index is 1760. The number of thiophene rings is 1. The van der Waals surface area contributed by atoms with E-state index in [0.717, 1.165) is 27.4 Å². The average molecular weight is 476 g/mol. The second-order valence-corrected chi connectivity index (χ2v) is 11.5. The van der Waals surface area contributed by atoms with Crippen molar-refractivity contribution in [2.24, 2.45) is 0 Å². The highest BCUT2D eigenvalue weighted by atomic mass is 32.1. The molecule has 3 heterocycles. The van der Waals surface area contributed by atoms with Crippen LogP contribution >= 0.6 is 11.3 Å². The summed E-state index contributed by atoms with van der Waals surface area (Å²) in [5.74, 6) is 0. The van der Waals surface area contributed by atoms with E-state index in [1.165, 1.54) is 31.3 Å². The molecule has 1 aliphatic heterocycles. The van der Waals surface area contributed by atoms with E-state index in [2.05, 4.69) is 94.4 Å². The zero-order valence-electron chi connectivity index (χ0n) is 20.2. The molecule has 0 spiro atoms. The van der Waals surface area contributed by atoms with Crippen molar-refractivity contribution in [2.45, 2.75) is 38.9 Å². The number of fused-ring (bicyclic) bond motifs is 6. The summed E-state index contributed by atoms with van der Waals surface area (Å²) >= 11 is 1.84. The van der Waals surface area contributed by atoms with Crippen LogP contribution in [0.5, 0.6) is 0 Å². The van der Waals surface area contributed by atoms with Gasteiger partial charge < -0.3 is 13.7 Å². The molecule has 172 valence electrons. The van der Waals surface area contributed by atoms with Crippen LogP contribution in [0.4, 0.5) is 0 Å². The molecule has 0 saturated carbocycles. The van der Waals surface area contributed by atoms with Gasteiger partial charge in [-0.05, 0) is 68.6 Å². The van der Waals surface area contributed by atoms with E-state index in [1.807, 2.05) is 23.5 Å². The van der Waals surface area contributed by atoms with E-state index >= 15 is 0 Å². The normalized spacial score (nSPS) is 17.3. The second-order valence-electron chi connectivity index (χ2n) is 10.4. The zero-order chi connectivity index (χ0) is 23.9. The molecule has 2 aromatic heterocycles. The Labute approximate surface area is 208 Å². The summed E-state index contributed by atoms with van der Waals surface area (Å²) in [6.45, 7) is 8.37. The Kier molecular flexibility index (Phi) is 4.36. The van der Waals surface area contributed by atoms with Crippen LogP contribution < -0.4 is 5.46 Å². The van der Waals surface area contributed by atoms with E-state index in [-0.39, 0.29) is 0 Å². The Morgan fingerprint density at radius 3 is 1.97 bits per heavy atom. The Morgan fingerprint density at radius 1 is 0.600 bits per heavy atom. The molecule has 0 aliphatic carbocycles. The Hall–Kier alpha value is -3.12. The van der Waals surface area contributed by atoms with Crippen LogP contribution in [0, 0.1) is 0 Å². The van der Waals surface area contributed by atoms with Crippen molar-refractivity contribution in [3.8, 4) is 11.1 Å². The molecule has 35 heavy (non-hydrogen) atoms. The van der Waals surface area contributed by atoms with Crippen LogP contribution in [-0.2, 0) is 9.31 Å². The number of furan rings is 1. The van der Waals surface area contributed by atoms with Crippen LogP contribution in [0.1, 0.15) is 27.7 Å². The summed E-state index contributed by atoms with van der Waals surface area (Å²) in [7, 11) is -0.463. The SMILES string of the molecule is CC1(C)OB(c2cccc3oc4cccc(-c5cccc6sc7ccccc7c56)c4c23)OC1(C)C. The fourth-order valence-corrected chi connectivity index (χ4v) is 6.42. The lowest BCUT2D eigenvalue weighted by atomic mass is 9.76. The van der Waals surface area contributed by atoms with Gasteiger partial charge in [0, 0.05) is 30.9 Å². The first kappa shape index (κ1) is 21.2. The molecule has 0 radical (unpaired) electrons. The van der Waals surface area contributed by atoms with E-state index in [0.29, 0.717) is 0 Å². The summed E-state index contributed by atoms with van der Waals surface area (Å²) in [5, 5.41) is 4.76. The van der Waals surface area contributed by atoms with Gasteiger partial charge >= 0.3 is 7.12 Å². The van der Waals surface area contributed by atoms with E-state index in [4.69, 9.17) is 13.7 Å². The summed E-state index contributed by atoms with van der Waals surface area (Å²) < 4.78 is 21.9. The Morgan fingerprint density at radius 2 is 1.20 bits per heavy atom. The maximum Gasteiger partial charge on any atom is 0.495 e. The maximum absolute atomic E-state index is 6.48. The first-order valence-electron chi connectivity index (χ1n) is 12.0. The molecule has 5 heteroatoms. The third-order valence-corrected chi connectivity index (χ3v) is 8.89. The van der Waals surface area contributed by atoms with Crippen LogP contribution in [0.15, 0.2) is 83.3 Å². The molecule has 6 aromatic rings. The average Bonchev–Trinajstić information content (AvgIpc) is 3.47. The molecular weight excluding hydrogens is 451 g/mol. The third kappa shape index (κ3) is 2.99. The van der Waals surface area contributed by atoms with Crippen LogP contribution in [0.3, 0.4) is 0 Å². The molecule has 0 unspecified atom stereocenters. The molecular formula is C30H25BO3S. The molecule has 1 fully saturated rings. The molecule has 0 N–H and O–H groups in total. The van der Waals surface area contributed by atoms with Crippen molar-refractivity contribution in [1.82, 2.24) is 0 Å². The molecule has 1 saturated heterocycles. The van der Waals surface area contributed by atoms with Crippen molar-refractivity contribution in [1.29, 1.82) is 0 Å². The fourth-order valence-electron chi connectivity index (χ4n) is 5.28. The quantitative estimate of drug-likeness (QED) is 0.238. The third-order valence-electron chi connectivity index (χ3n) is 7.75. The van der Waals surface area contributed by atoms with Gasteiger partial charge in [-0.15, -0.1) is 11.3 Å². The van der Waals surface area contributed by atoms with Crippen molar-refractivity contribution < 1.29 is 13.7 Å². The smallest absolute Gasteiger partial charge is 0.456 e. The topological polar surface area (TPSA) is 31.6 Å². The molecule has 1 aliphatic rings. The summed E-state index contributed by atoms with van der Waals surface area (Å²) in [4.78, 5) is 0. The predicted molar refractivity (Wildman–Crippen MR) is 148 cm³/mol. The van der Waals surface area contributed by atoms with Crippen molar-refractivity contribution in [3.05, 3.63) is 78.9 Å². The number of hydrogen-bond acceptors (Lipinski definition) is 4. The van der Waals surface area contributed by atoms with Crippen LogP contribution in [0.2, 0.25) is 0 Å². The van der Waals surface area contributed by atoms with Gasteiger partial charge in [-0.1, -0.05) is 54.6 Å². The van der Waals surface area contributed by atoms with Gasteiger partial charge in [-0.25, -0.2) is 0 Å². The standard InChI is InChI=1S/C30H25BO3S/c1-29(2)30(3,4)34-31(33-29)21-13-9-15-23-28(21)27-19(11-7-14-22(27)32-23)18-12-8-17-25-26(18)20-10-5-6-16-24(20)35-25/h5-17H,1-4H3. The number of benzene rings is 4. The van der Waals surface area contributed by atoms with E-state index in [1.54, 1.807) is 0 Å². The Balaban J connectivity index is 1.55. The molecule has 0 atom stereocenters. The highest BCUT2D eigenvalue weighted by Gasteiger charge is 2.52. The minimum atomic E-state index is -0.463. The molecule has 4 aromatic carbocycles. The minimum absolute atomic E-state index is 0.413. The first-order valence-corrected chi connectivity index (χ1v) is 12.9. The second kappa shape index (κ2) is 7.20. The highest BCUT2D eigenvalue weighted by Crippen LogP contribution is 2.44. The van der Waals surface area contributed by atoms with E-state index < -0.39 is 18.3 Å². The molecule has 0 amide bonds. The van der Waals surface area contributed by atoms with Gasteiger partial charge in [0.25, 0.3) is 0 Å². The number of hydrogen-bond donors (Lipinski definition) is 0. The molecule has 3 nitrogen and oxygen atoms in total. The lowest BCUT2D eigenvalue weighted by Gasteiger charge is -2.32. The predicted octanol–water partition coefficient (Wildman–Crippen LogP) is 7.92. The lowest BCUT2D eigenvalue weighted by Crippen LogP contribution is -2.41. The van der Waals surface area contributed by atoms with E-state index in [9.17, 15) is 0 Å². The summed E-state index contributed by atoms with van der Waals surface area (Å²) in [5.41, 5.74) is 4.29. The van der Waals surface area contributed by atoms with Crippen molar-refractivity contribution in [3.63, 3.8) is 0 Å². The first-order chi connectivity index (χ1) is 16.8. The highest BCUT2D eigenvalue weighted by molar-refractivity contribution is 7.25. The van der Waals surface area contributed by atoms with Gasteiger partial charge in [0.1, 0.15) is 11.2 Å². The van der Waals surface area contributed by atoms with Crippen molar-refractivity contribution in [2.75, 3.05) is 0 Å².